The van der Waals surface area contributed by atoms with E-state index in [1.807, 2.05) is 37.3 Å². The lowest BCUT2D eigenvalue weighted by Gasteiger charge is -2.27. The topological polar surface area (TPSA) is 68.2 Å². The second-order valence-corrected chi connectivity index (χ2v) is 9.29. The first-order valence-electron chi connectivity index (χ1n) is 12.6. The minimum Gasteiger partial charge on any atom is -0.497 e. The third-order valence-corrected chi connectivity index (χ3v) is 6.61. The largest absolute Gasteiger partial charge is 0.497 e. The minimum absolute atomic E-state index is 0.168. The van der Waals surface area contributed by atoms with Crippen LogP contribution in [0.3, 0.4) is 0 Å². The molecule has 0 unspecified atom stereocenters. The Morgan fingerprint density at radius 1 is 1.28 bits per heavy atom. The number of esters is 1. The summed E-state index contributed by atoms with van der Waals surface area (Å²) in [4.78, 5) is 14.0. The molecule has 1 saturated heterocycles. The number of aliphatic hydroxyl groups is 1. The van der Waals surface area contributed by atoms with Crippen LogP contribution in [0.4, 0.5) is 4.39 Å². The summed E-state index contributed by atoms with van der Waals surface area (Å²) in [6, 6.07) is 11.3. The molecule has 1 fully saturated rings. The van der Waals surface area contributed by atoms with E-state index < -0.39 is 12.1 Å². The van der Waals surface area contributed by atoms with E-state index in [1.54, 1.807) is 33.1 Å². The van der Waals surface area contributed by atoms with Crippen LogP contribution >= 0.6 is 0 Å². The van der Waals surface area contributed by atoms with Crippen LogP contribution in [0.1, 0.15) is 55.0 Å². The van der Waals surface area contributed by atoms with E-state index >= 15 is 0 Å². The number of rotatable bonds is 12. The van der Waals surface area contributed by atoms with Gasteiger partial charge in [-0.15, -0.1) is 0 Å². The molecule has 3 atom stereocenters. The highest BCUT2D eigenvalue weighted by atomic mass is 19.1. The summed E-state index contributed by atoms with van der Waals surface area (Å²) in [7, 11) is 1.60. The Hall–Kier alpha value is -2.74. The number of β-amino-alcohol motifs (C(OH)–C–C–N with tert-alkyl or cyclic N) is 1. The molecule has 1 aliphatic heterocycles. The zero-order valence-corrected chi connectivity index (χ0v) is 21.7. The van der Waals surface area contributed by atoms with Gasteiger partial charge in [0.15, 0.2) is 0 Å². The summed E-state index contributed by atoms with van der Waals surface area (Å²) in [6.07, 6.45) is 4.95. The van der Waals surface area contributed by atoms with E-state index in [2.05, 4.69) is 4.90 Å². The lowest BCUT2D eigenvalue weighted by molar-refractivity contribution is -0.137. The number of carbonyl (C=O) groups excluding carboxylic acids is 1. The van der Waals surface area contributed by atoms with Crippen LogP contribution in [0.2, 0.25) is 0 Å². The summed E-state index contributed by atoms with van der Waals surface area (Å²) in [5, 5.41) is 10.7. The predicted molar refractivity (Wildman–Crippen MR) is 138 cm³/mol. The Kier molecular flexibility index (Phi) is 10.5. The molecule has 1 heterocycles. The molecule has 2 aromatic carbocycles. The molecule has 0 aliphatic carbocycles. The average Bonchev–Trinajstić information content (AvgIpc) is 3.29. The molecule has 0 radical (unpaired) electrons. The van der Waals surface area contributed by atoms with Crippen LogP contribution in [-0.2, 0) is 20.7 Å². The van der Waals surface area contributed by atoms with Gasteiger partial charge in [0.25, 0.3) is 0 Å². The highest BCUT2D eigenvalue weighted by molar-refractivity contribution is 5.87. The molecular formula is C29H38FNO5. The summed E-state index contributed by atoms with van der Waals surface area (Å²) in [5.41, 5.74) is 3.30. The van der Waals surface area contributed by atoms with Crippen LogP contribution in [0.25, 0.3) is 6.08 Å². The average molecular weight is 500 g/mol. The number of aryl methyl sites for hydroxylation is 1. The number of nitrogens with zero attached hydrogens (tertiary/aromatic N) is 1. The third kappa shape index (κ3) is 7.88. The van der Waals surface area contributed by atoms with Gasteiger partial charge in [-0.05, 0) is 93.1 Å². The Balaban J connectivity index is 1.58. The molecule has 3 rings (SSSR count). The lowest BCUT2D eigenvalue weighted by Crippen LogP contribution is -2.39. The van der Waals surface area contributed by atoms with E-state index in [4.69, 9.17) is 14.2 Å². The molecule has 196 valence electrons. The van der Waals surface area contributed by atoms with E-state index in [0.29, 0.717) is 24.5 Å². The van der Waals surface area contributed by atoms with Gasteiger partial charge < -0.3 is 19.3 Å². The van der Waals surface area contributed by atoms with Crippen molar-refractivity contribution in [3.05, 3.63) is 70.5 Å². The van der Waals surface area contributed by atoms with E-state index in [-0.39, 0.29) is 24.6 Å². The fourth-order valence-electron chi connectivity index (χ4n) is 4.60. The molecule has 1 aliphatic rings. The van der Waals surface area contributed by atoms with E-state index in [1.165, 1.54) is 6.08 Å². The molecule has 0 saturated carbocycles. The standard InChI is InChI=1S/C29H38FNO5/c1-5-35-29(33)13-11-23-10-12-26(34-4)17-27(23)21(3)36-19-25(32)18-31-14-6-7-24(31)15-22-9-8-20(2)28(30)16-22/h8-13,16-17,21,24-25,32H,5-7,14-15,18-19H2,1-4H3/b13-11+/t21-,24+,25-/m1/s1. The summed E-state index contributed by atoms with van der Waals surface area (Å²) in [6.45, 7) is 7.33. The van der Waals surface area contributed by atoms with Gasteiger partial charge in [-0.3, -0.25) is 4.90 Å². The quantitative estimate of drug-likeness (QED) is 0.332. The van der Waals surface area contributed by atoms with Crippen molar-refractivity contribution in [2.24, 2.45) is 0 Å². The number of carbonyl (C=O) groups is 1. The third-order valence-electron chi connectivity index (χ3n) is 6.61. The van der Waals surface area contributed by atoms with Gasteiger partial charge in [-0.2, -0.15) is 0 Å². The van der Waals surface area contributed by atoms with Crippen LogP contribution in [-0.4, -0.2) is 61.5 Å². The Labute approximate surface area is 213 Å². The highest BCUT2D eigenvalue weighted by Crippen LogP contribution is 2.28. The SMILES string of the molecule is CCOC(=O)/C=C/c1ccc(OC)cc1[C@@H](C)OC[C@H](O)CN1CCC[C@H]1Cc1ccc(C)c(F)c1. The molecule has 0 amide bonds. The lowest BCUT2D eigenvalue weighted by atomic mass is 10.0. The number of methoxy groups -OCH3 is 1. The second-order valence-electron chi connectivity index (χ2n) is 9.29. The maximum absolute atomic E-state index is 14.0. The molecule has 0 aromatic heterocycles. The van der Waals surface area contributed by atoms with Crippen LogP contribution in [0.15, 0.2) is 42.5 Å². The van der Waals surface area contributed by atoms with Crippen molar-refractivity contribution < 1.29 is 28.5 Å². The van der Waals surface area contributed by atoms with Gasteiger partial charge >= 0.3 is 5.97 Å². The normalized spacial score (nSPS) is 17.9. The second kappa shape index (κ2) is 13.5. The van der Waals surface area contributed by atoms with Crippen molar-refractivity contribution in [3.63, 3.8) is 0 Å². The molecule has 7 heteroatoms. The Morgan fingerprint density at radius 2 is 2.08 bits per heavy atom. The fourth-order valence-corrected chi connectivity index (χ4v) is 4.60. The van der Waals surface area contributed by atoms with Crippen molar-refractivity contribution >= 4 is 12.0 Å². The number of benzene rings is 2. The molecule has 0 bridgehead atoms. The van der Waals surface area contributed by atoms with Crippen molar-refractivity contribution in [1.29, 1.82) is 0 Å². The number of hydrogen-bond acceptors (Lipinski definition) is 6. The van der Waals surface area contributed by atoms with Crippen LogP contribution in [0.5, 0.6) is 5.75 Å². The molecule has 36 heavy (non-hydrogen) atoms. The predicted octanol–water partition coefficient (Wildman–Crippen LogP) is 4.86. The maximum atomic E-state index is 14.0. The Morgan fingerprint density at radius 3 is 2.81 bits per heavy atom. The molecule has 6 nitrogen and oxygen atoms in total. The number of halogens is 1. The Bertz CT molecular complexity index is 1040. The van der Waals surface area contributed by atoms with Crippen molar-refractivity contribution in [2.45, 2.75) is 58.3 Å². The monoisotopic (exact) mass is 499 g/mol. The smallest absolute Gasteiger partial charge is 0.330 e. The summed E-state index contributed by atoms with van der Waals surface area (Å²) >= 11 is 0. The zero-order chi connectivity index (χ0) is 26.1. The maximum Gasteiger partial charge on any atom is 0.330 e. The molecule has 1 N–H and O–H groups in total. The van der Waals surface area contributed by atoms with Crippen LogP contribution < -0.4 is 4.74 Å². The molecule has 2 aromatic rings. The van der Waals surface area contributed by atoms with Gasteiger partial charge in [0.1, 0.15) is 11.6 Å². The molecule has 0 spiro atoms. The van der Waals surface area contributed by atoms with Crippen LogP contribution in [0, 0.1) is 12.7 Å². The summed E-state index contributed by atoms with van der Waals surface area (Å²) in [5.74, 6) is 0.104. The summed E-state index contributed by atoms with van der Waals surface area (Å²) < 4.78 is 30.3. The highest BCUT2D eigenvalue weighted by Gasteiger charge is 2.27. The fraction of sp³-hybridized carbons (Fsp3) is 0.483. The number of aliphatic hydroxyl groups excluding tert-OH is 1. The van der Waals surface area contributed by atoms with Crippen molar-refractivity contribution in [2.75, 3.05) is 33.4 Å². The van der Waals surface area contributed by atoms with Crippen molar-refractivity contribution in [1.82, 2.24) is 4.90 Å². The van der Waals surface area contributed by atoms with Crippen molar-refractivity contribution in [3.8, 4) is 5.75 Å². The number of hydrogen-bond donors (Lipinski definition) is 1. The van der Waals surface area contributed by atoms with Gasteiger partial charge in [-0.1, -0.05) is 18.2 Å². The van der Waals surface area contributed by atoms with Gasteiger partial charge in [0.2, 0.25) is 0 Å². The number of ether oxygens (including phenoxy) is 3. The van der Waals surface area contributed by atoms with Gasteiger partial charge in [-0.25, -0.2) is 9.18 Å². The van der Waals surface area contributed by atoms with Gasteiger partial charge in [0, 0.05) is 18.7 Å². The zero-order valence-electron chi connectivity index (χ0n) is 21.7. The van der Waals surface area contributed by atoms with E-state index in [0.717, 1.165) is 42.5 Å². The first-order chi connectivity index (χ1) is 17.3. The van der Waals surface area contributed by atoms with Gasteiger partial charge in [0.05, 0.1) is 32.5 Å². The first kappa shape index (κ1) is 27.8. The minimum atomic E-state index is -0.660. The van der Waals surface area contributed by atoms with E-state index in [9.17, 15) is 14.3 Å². The number of likely N-dealkylation sites (tertiary alicyclic amines) is 1. The molecular weight excluding hydrogens is 461 g/mol. The first-order valence-corrected chi connectivity index (χ1v) is 12.6.